The normalized spacial score (nSPS) is 28.3. The summed E-state index contributed by atoms with van der Waals surface area (Å²) in [6.07, 6.45) is 1.12. The summed E-state index contributed by atoms with van der Waals surface area (Å²) in [6, 6.07) is 4.64. The van der Waals surface area contributed by atoms with Gasteiger partial charge in [0, 0.05) is 98.5 Å². The maximum absolute atomic E-state index is 14.5. The van der Waals surface area contributed by atoms with Crippen molar-refractivity contribution in [2.75, 3.05) is 55.9 Å². The Kier molecular flexibility index (Phi) is 39.5. The molecule has 0 aromatic carbocycles. The third-order valence-corrected chi connectivity index (χ3v) is 33.7. The number of aromatic amines is 3. The highest BCUT2D eigenvalue weighted by Gasteiger charge is 2.63. The first-order chi connectivity index (χ1) is 55.3. The summed E-state index contributed by atoms with van der Waals surface area (Å²) in [4.78, 5) is 112. The molecule has 3 aromatic heterocycles. The Labute approximate surface area is 699 Å². The molecule has 5 aliphatic heterocycles. The fraction of sp³-hybridized carbons (Fsp3) is 0.692. The monoisotopic (exact) mass is 1760 g/mol. The molecule has 6 N–H and O–H groups in total. The zero-order chi connectivity index (χ0) is 90.6. The largest absolute Gasteiger partial charge is 0.475 e. The van der Waals surface area contributed by atoms with Crippen molar-refractivity contribution in [2.45, 2.75) is 281 Å². The van der Waals surface area contributed by atoms with Crippen molar-refractivity contribution in [3.05, 3.63) is 150 Å². The Bertz CT molecular complexity index is 4330. The summed E-state index contributed by atoms with van der Waals surface area (Å²) in [7, 11) is -2.21. The number of H-pyrrole nitrogens is 3. The van der Waals surface area contributed by atoms with Gasteiger partial charge in [0.1, 0.15) is 66.1 Å². The molecule has 2 amide bonds. The van der Waals surface area contributed by atoms with Gasteiger partial charge in [0.05, 0.1) is 43.3 Å². The van der Waals surface area contributed by atoms with Crippen LogP contribution in [0.1, 0.15) is 142 Å². The molecule has 7 unspecified atom stereocenters. The van der Waals surface area contributed by atoms with E-state index in [9.17, 15) is 48.0 Å². The zero-order valence-corrected chi connectivity index (χ0v) is 77.4. The number of carbonyl (C=O) groups excluding carboxylic acids is 2. The topological polar surface area (TPSA) is 455 Å². The fourth-order valence-corrected chi connectivity index (χ4v) is 18.5. The van der Waals surface area contributed by atoms with Crippen molar-refractivity contribution in [3.63, 3.8) is 0 Å². The number of hydrogen-bond donors (Lipinski definition) is 6. The molecule has 0 bridgehead atoms. The van der Waals surface area contributed by atoms with Gasteiger partial charge in [-0.1, -0.05) is 79.7 Å². The van der Waals surface area contributed by atoms with E-state index in [0.717, 1.165) is 24.0 Å². The number of rotatable bonds is 33. The maximum atomic E-state index is 14.5. The molecule has 3 aromatic rings. The number of hydrogen-bond acceptors (Lipinski definition) is 30. The fourth-order valence-electron chi connectivity index (χ4n) is 13.1. The highest BCUT2D eigenvalue weighted by atomic mass is 31.2. The summed E-state index contributed by atoms with van der Waals surface area (Å²) in [5.41, 5.74) is -6.75. The molecular formula is C78H130N10O27P2Si2. The maximum Gasteiger partial charge on any atom is 0.475 e. The second kappa shape index (κ2) is 44.8. The molecule has 0 saturated carbocycles. The number of ether oxygens (including phenoxy) is 8. The first kappa shape index (κ1) is 105. The number of allylic oxidation sites excluding steroid dienone is 2. The molecule has 8 heterocycles. The van der Waals surface area contributed by atoms with Crippen LogP contribution in [-0.4, -0.2) is 236 Å². The van der Waals surface area contributed by atoms with Crippen LogP contribution in [0, 0.1) is 23.2 Å². The van der Waals surface area contributed by atoms with Crippen LogP contribution in [0.2, 0.25) is 36.3 Å². The van der Waals surface area contributed by atoms with Crippen LogP contribution < -0.4 is 39.1 Å². The zero-order valence-electron chi connectivity index (χ0n) is 73.7. The van der Waals surface area contributed by atoms with Crippen molar-refractivity contribution in [1.82, 2.24) is 38.6 Å². The van der Waals surface area contributed by atoms with E-state index in [1.54, 1.807) is 47.1 Å². The number of imide groups is 1. The number of aliphatic hydroxyl groups is 1. The summed E-state index contributed by atoms with van der Waals surface area (Å²) in [5, 5.41) is 27.2. The number of aromatic nitrogens is 6. The third-order valence-electron chi connectivity index (χ3n) is 21.4. The minimum absolute atomic E-state index is 0.0591. The predicted octanol–water partition coefficient (Wildman–Crippen LogP) is 8.87. The third kappa shape index (κ3) is 26.1. The Hall–Kier alpha value is -6.37. The number of nitriles is 1. The van der Waals surface area contributed by atoms with E-state index in [4.69, 9.17) is 79.9 Å². The number of aliphatic hydroxyl groups excluding tert-OH is 1. The summed E-state index contributed by atoms with van der Waals surface area (Å²) < 4.78 is 112. The van der Waals surface area contributed by atoms with Crippen LogP contribution >= 0.6 is 16.3 Å². The van der Waals surface area contributed by atoms with Crippen molar-refractivity contribution in [1.29, 1.82) is 5.26 Å². The standard InChI is InChI=1S/C33H51N4O13PSi.C21H36N3O6P.C18H30N2O6Si.C4H10O2.C2H3N/c1-12-14-19(3)23-25(27(44-8)30(47-23)37-16-15-20(38)36-31(37)41)49-51(42,45-9)46-18-33(13-2)28(50-52(10,11)32(4,5)6)26(43-7)24(48-33)22-29(40)35-21(39)17-34-22;1-9-10-15(6)17-18(30-31(28-8)24(13(2)3)14(4)5)19(27-7)20(29-17)23-12-11-16(25)22-21(23)26;1-8-18(11-21)14(26-27(6,7)17(2,3)4)13(24-5)15(25-18)20-10-9-12(22)19-16(20)23;1-4(2,3)6-5;1-2-3/h12-13,15-17,19,22-28,30H,1-2,14,18H2,3-11H3,(H,35,39,40)(H,36,38,41);9,11-15,17-20H,1,10H2,2-8H3,(H,22,25,26);8-10,13-15,21H,1,11H2,2-7H3,(H,19,22,23);5H,1-3H3;1H3/t19-,22?,23+,24-,25?,26+,27-,28?,30+,33+,51?;15-,17+,18?,19-,20+,31?;13-,14?,15+,18+;;/m000../s1. The molecule has 8 rings (SSSR count). The number of methoxy groups -OCH3 is 4. The highest BCUT2D eigenvalue weighted by molar-refractivity contribution is 7.48. The molecular weight excluding hydrogens is 1630 g/mol. The Morgan fingerprint density at radius 1 is 0.639 bits per heavy atom. The number of amides is 2. The molecule has 119 heavy (non-hydrogen) atoms. The lowest BCUT2D eigenvalue weighted by atomic mass is 9.93. The number of aliphatic imine (C=N–C) groups is 1. The van der Waals surface area contributed by atoms with Crippen LogP contribution in [-0.2, 0) is 88.4 Å². The second-order valence-corrected chi connectivity index (χ2v) is 46.3. The quantitative estimate of drug-likeness (QED) is 0.00827. The number of phosphoric ester groups is 1. The van der Waals surface area contributed by atoms with E-state index < -0.39 is 188 Å². The predicted molar refractivity (Wildman–Crippen MR) is 452 cm³/mol. The smallest absolute Gasteiger partial charge is 0.408 e. The summed E-state index contributed by atoms with van der Waals surface area (Å²) in [5.74, 6) is -1.59. The second-order valence-electron chi connectivity index (χ2n) is 33.5. The van der Waals surface area contributed by atoms with Crippen molar-refractivity contribution in [3.8, 4) is 6.07 Å². The van der Waals surface area contributed by atoms with E-state index in [0.29, 0.717) is 12.8 Å². The van der Waals surface area contributed by atoms with Crippen molar-refractivity contribution < 1.29 is 98.8 Å². The molecule has 5 aliphatic rings. The lowest BCUT2D eigenvalue weighted by Gasteiger charge is -2.43. The average molecular weight is 1760 g/mol. The summed E-state index contributed by atoms with van der Waals surface area (Å²) >= 11 is 0. The Morgan fingerprint density at radius 2 is 1.03 bits per heavy atom. The Morgan fingerprint density at radius 3 is 1.37 bits per heavy atom. The van der Waals surface area contributed by atoms with Crippen LogP contribution in [0.4, 0.5) is 0 Å². The number of nitrogens with one attached hydrogen (secondary N) is 4. The van der Waals surface area contributed by atoms with Gasteiger partial charge >= 0.3 is 24.9 Å². The molecule has 37 nitrogen and oxygen atoms in total. The van der Waals surface area contributed by atoms with Gasteiger partial charge in [-0.3, -0.25) is 81.8 Å². The van der Waals surface area contributed by atoms with Crippen molar-refractivity contribution in [2.24, 2.45) is 16.8 Å². The molecule has 0 radical (unpaired) electrons. The minimum atomic E-state index is -4.55. The molecule has 0 spiro atoms. The van der Waals surface area contributed by atoms with Crippen LogP contribution in [0.3, 0.4) is 0 Å². The van der Waals surface area contributed by atoms with E-state index in [2.05, 4.69) is 123 Å². The average Bonchev–Trinajstić information content (AvgIpc) is 1.60. The highest BCUT2D eigenvalue weighted by Crippen LogP contribution is 2.57. The van der Waals surface area contributed by atoms with E-state index >= 15 is 0 Å². The minimum Gasteiger partial charge on any atom is -0.408 e. The van der Waals surface area contributed by atoms with Gasteiger partial charge < -0.3 is 60.9 Å². The SMILES string of the molecule is C=CC[C@H](C)[C@H]1O[C@@H](n2ccc(=O)[nH]c2=O)[C@@H](OC)C1OP(=O)(OC)OC[C@@]1(C=C)O[C@@H](C2N=CC(=O)NC2=O)[C@@H](OC)C1O[Si](C)(C)C(C)(C)C.C=CC[C@H](C)[C@H]1O[C@@H](n2ccc(=O)[nH]c2=O)[C@@H](OC)C1OP(OC)N(C(C)C)C(C)C.C=C[C@]1(CO)O[C@@H](n2ccc(=O)[nH]c2=O)[C@@H](OC)C1O[Si](C)(C)C(C)(C)C.CC#N.CC(C)(C)OO. The lowest BCUT2D eigenvalue weighted by Crippen LogP contribution is -2.55. The van der Waals surface area contributed by atoms with Gasteiger partial charge in [0.25, 0.3) is 37.0 Å². The van der Waals surface area contributed by atoms with Gasteiger partial charge in [-0.25, -0.2) is 28.5 Å². The first-order valence-electron chi connectivity index (χ1n) is 38.8. The van der Waals surface area contributed by atoms with E-state index in [1.165, 1.54) is 80.3 Å². The Balaban J connectivity index is 0.000000378. The number of phosphoric acid groups is 1. The van der Waals surface area contributed by atoms with Gasteiger partial charge in [0.2, 0.25) is 0 Å². The van der Waals surface area contributed by atoms with Gasteiger partial charge in [0.15, 0.2) is 41.4 Å². The number of carbonyl (C=O) groups is 2. The summed E-state index contributed by atoms with van der Waals surface area (Å²) in [6.45, 7) is 54.3. The van der Waals surface area contributed by atoms with Crippen LogP contribution in [0.25, 0.3) is 0 Å². The van der Waals surface area contributed by atoms with Crippen LogP contribution in [0.15, 0.2) is 121 Å². The van der Waals surface area contributed by atoms with E-state index in [1.807, 2.05) is 53.8 Å². The van der Waals surface area contributed by atoms with E-state index in [-0.39, 0.29) is 46.7 Å². The molecule has 4 saturated heterocycles. The van der Waals surface area contributed by atoms with Gasteiger partial charge in [-0.15, -0.1) is 26.3 Å². The lowest BCUT2D eigenvalue weighted by molar-refractivity contribution is -0.306. The first-order valence-corrected chi connectivity index (χ1v) is 47.2. The molecule has 21 atom stereocenters. The molecule has 41 heteroatoms. The van der Waals surface area contributed by atoms with Gasteiger partial charge in [-0.05, 0) is 109 Å². The van der Waals surface area contributed by atoms with Crippen LogP contribution in [0.5, 0.6) is 0 Å². The molecule has 672 valence electrons. The van der Waals surface area contributed by atoms with Crippen molar-refractivity contribution >= 4 is 51.0 Å². The molecule has 4 fully saturated rings. The molecule has 0 aliphatic carbocycles. The van der Waals surface area contributed by atoms with Gasteiger partial charge in [-0.2, -0.15) is 5.26 Å². The number of nitrogens with zero attached hydrogens (tertiary/aromatic N) is 6.